The van der Waals surface area contributed by atoms with Crippen molar-refractivity contribution in [2.45, 2.75) is 31.4 Å². The molecule has 7 heteroatoms. The molecular formula is C5H5F7. The van der Waals surface area contributed by atoms with Crippen molar-refractivity contribution in [3.8, 4) is 0 Å². The maximum atomic E-state index is 12.3. The van der Waals surface area contributed by atoms with E-state index in [0.29, 0.717) is 0 Å². The molecular weight excluding hydrogens is 193 g/mol. The summed E-state index contributed by atoms with van der Waals surface area (Å²) in [4.78, 5) is 0. The maximum Gasteiger partial charge on any atom is 0.292 e. The molecule has 0 aromatic heterocycles. The van der Waals surface area contributed by atoms with Crippen molar-refractivity contribution in [2.75, 3.05) is 0 Å². The third-order valence-electron chi connectivity index (χ3n) is 1.31. The van der Waals surface area contributed by atoms with Crippen molar-refractivity contribution in [2.24, 2.45) is 0 Å². The normalized spacial score (nSPS) is 14.5. The highest BCUT2D eigenvalue weighted by molar-refractivity contribution is 4.95. The molecule has 0 fully saturated rings. The van der Waals surface area contributed by atoms with Gasteiger partial charge in [-0.2, -0.15) is 0 Å². The second kappa shape index (κ2) is 3.10. The van der Waals surface area contributed by atoms with Gasteiger partial charge in [0.15, 0.2) is 0 Å². The Balaban J connectivity index is 4.89. The van der Waals surface area contributed by atoms with Crippen LogP contribution in [0.2, 0.25) is 0 Å². The summed E-state index contributed by atoms with van der Waals surface area (Å²) in [6.45, 7) is -0.314. The molecule has 12 heavy (non-hydrogen) atoms. The Morgan fingerprint density at radius 1 is 0.833 bits per heavy atom. The molecule has 0 bridgehead atoms. The topological polar surface area (TPSA) is 0 Å². The highest BCUT2D eigenvalue weighted by Gasteiger charge is 2.65. The van der Waals surface area contributed by atoms with Crippen LogP contribution in [0, 0.1) is 0 Å². The van der Waals surface area contributed by atoms with E-state index in [2.05, 4.69) is 0 Å². The van der Waals surface area contributed by atoms with E-state index in [0.717, 1.165) is 0 Å². The molecule has 0 amide bonds. The zero-order chi connectivity index (χ0) is 10.2. The van der Waals surface area contributed by atoms with E-state index in [4.69, 9.17) is 0 Å². The summed E-state index contributed by atoms with van der Waals surface area (Å²) in [7, 11) is 0. The molecule has 0 aliphatic heterocycles. The largest absolute Gasteiger partial charge is 0.292 e. The van der Waals surface area contributed by atoms with Crippen LogP contribution in [0.3, 0.4) is 0 Å². The van der Waals surface area contributed by atoms with Gasteiger partial charge in [-0.1, -0.05) is 0 Å². The summed E-state index contributed by atoms with van der Waals surface area (Å²) in [5.74, 6) is -4.77. The minimum absolute atomic E-state index is 0.314. The molecule has 0 N–H and O–H groups in total. The van der Waals surface area contributed by atoms with E-state index in [1.165, 1.54) is 0 Å². The van der Waals surface area contributed by atoms with Gasteiger partial charge in [0.05, 0.1) is 0 Å². The van der Waals surface area contributed by atoms with Crippen LogP contribution in [-0.4, -0.2) is 24.4 Å². The molecule has 0 radical (unpaired) electrons. The van der Waals surface area contributed by atoms with Gasteiger partial charge in [0.2, 0.25) is 0 Å². The molecule has 0 saturated heterocycles. The summed E-state index contributed by atoms with van der Waals surface area (Å²) < 4.78 is 82.1. The number of hydrogen-bond acceptors (Lipinski definition) is 0. The van der Waals surface area contributed by atoms with E-state index in [-0.39, 0.29) is 6.92 Å². The highest BCUT2D eigenvalue weighted by atomic mass is 19.3. The van der Waals surface area contributed by atoms with Gasteiger partial charge in [-0.3, -0.25) is 0 Å². The Labute approximate surface area is 63.4 Å². The van der Waals surface area contributed by atoms with E-state index in [9.17, 15) is 30.7 Å². The van der Waals surface area contributed by atoms with Gasteiger partial charge in [0.1, 0.15) is 0 Å². The minimum atomic E-state index is -5.06. The standard InChI is InChI=1S/C5H5F7/c1-4(10,11)5(12,2(6)7)3(8)9/h2-3H,1H3. The van der Waals surface area contributed by atoms with Crippen LogP contribution in [0.15, 0.2) is 0 Å². The molecule has 0 atom stereocenters. The van der Waals surface area contributed by atoms with Crippen LogP contribution < -0.4 is 0 Å². The molecule has 74 valence electrons. The fourth-order valence-electron chi connectivity index (χ4n) is 0.478. The first-order valence-corrected chi connectivity index (χ1v) is 2.77. The number of halogens is 7. The quantitative estimate of drug-likeness (QED) is 0.611. The Bertz CT molecular complexity index is 138. The van der Waals surface area contributed by atoms with E-state index in [1.54, 1.807) is 0 Å². The third kappa shape index (κ3) is 1.64. The van der Waals surface area contributed by atoms with Crippen molar-refractivity contribution in [1.29, 1.82) is 0 Å². The van der Waals surface area contributed by atoms with Gasteiger partial charge in [0, 0.05) is 6.92 Å². The van der Waals surface area contributed by atoms with E-state index >= 15 is 0 Å². The lowest BCUT2D eigenvalue weighted by molar-refractivity contribution is -0.239. The molecule has 0 aromatic carbocycles. The van der Waals surface area contributed by atoms with Crippen LogP contribution in [0.5, 0.6) is 0 Å². The predicted molar refractivity (Wildman–Crippen MR) is 26.5 cm³/mol. The van der Waals surface area contributed by atoms with Gasteiger partial charge in [0.25, 0.3) is 24.4 Å². The third-order valence-corrected chi connectivity index (χ3v) is 1.31. The summed E-state index contributed by atoms with van der Waals surface area (Å²) in [5.41, 5.74) is -5.06. The monoisotopic (exact) mass is 198 g/mol. The van der Waals surface area contributed by atoms with Crippen LogP contribution >= 0.6 is 0 Å². The summed E-state index contributed by atoms with van der Waals surface area (Å²) >= 11 is 0. The molecule has 0 aromatic rings. The summed E-state index contributed by atoms with van der Waals surface area (Å²) in [6, 6.07) is 0. The second-order valence-corrected chi connectivity index (χ2v) is 2.26. The minimum Gasteiger partial charge on any atom is -0.224 e. The summed E-state index contributed by atoms with van der Waals surface area (Å²) in [5, 5.41) is 0. The lowest BCUT2D eigenvalue weighted by atomic mass is 10.0. The molecule has 0 unspecified atom stereocenters. The van der Waals surface area contributed by atoms with Crippen molar-refractivity contribution in [3.05, 3.63) is 0 Å². The van der Waals surface area contributed by atoms with Crippen molar-refractivity contribution in [1.82, 2.24) is 0 Å². The molecule has 0 rings (SSSR count). The van der Waals surface area contributed by atoms with Crippen LogP contribution in [0.4, 0.5) is 30.7 Å². The van der Waals surface area contributed by atoms with Crippen LogP contribution in [-0.2, 0) is 0 Å². The first-order chi connectivity index (χ1) is 5.14. The maximum absolute atomic E-state index is 12.3. The average Bonchev–Trinajstić information content (AvgIpc) is 1.82. The SMILES string of the molecule is CC(F)(F)C(F)(C(F)F)C(F)F. The molecule has 0 saturated carbocycles. The lowest BCUT2D eigenvalue weighted by Gasteiger charge is -2.28. The Kier molecular flexibility index (Phi) is 2.97. The van der Waals surface area contributed by atoms with Gasteiger partial charge < -0.3 is 0 Å². The van der Waals surface area contributed by atoms with Crippen molar-refractivity contribution >= 4 is 0 Å². The van der Waals surface area contributed by atoms with Crippen LogP contribution in [0.1, 0.15) is 6.92 Å². The molecule has 0 heterocycles. The fourth-order valence-corrected chi connectivity index (χ4v) is 0.478. The lowest BCUT2D eigenvalue weighted by Crippen LogP contribution is -2.53. The van der Waals surface area contributed by atoms with Gasteiger partial charge in [-0.25, -0.2) is 30.7 Å². The second-order valence-electron chi connectivity index (χ2n) is 2.26. The Morgan fingerprint density at radius 3 is 1.08 bits per heavy atom. The summed E-state index contributed by atoms with van der Waals surface area (Å²) in [6.07, 6.45) is -8.84. The first kappa shape index (κ1) is 11.5. The molecule has 0 nitrogen and oxygen atoms in total. The fraction of sp³-hybridized carbons (Fsp3) is 1.00. The van der Waals surface area contributed by atoms with Crippen LogP contribution in [0.25, 0.3) is 0 Å². The van der Waals surface area contributed by atoms with E-state index < -0.39 is 24.4 Å². The first-order valence-electron chi connectivity index (χ1n) is 2.77. The number of rotatable bonds is 3. The number of alkyl halides is 7. The van der Waals surface area contributed by atoms with Gasteiger partial charge >= 0.3 is 0 Å². The average molecular weight is 198 g/mol. The number of hydrogen-bond donors (Lipinski definition) is 0. The predicted octanol–water partition coefficient (Wildman–Crippen LogP) is 2.88. The van der Waals surface area contributed by atoms with Crippen molar-refractivity contribution < 1.29 is 30.7 Å². The van der Waals surface area contributed by atoms with Crippen molar-refractivity contribution in [3.63, 3.8) is 0 Å². The van der Waals surface area contributed by atoms with Gasteiger partial charge in [-0.15, -0.1) is 0 Å². The van der Waals surface area contributed by atoms with Gasteiger partial charge in [-0.05, 0) is 0 Å². The molecule has 0 spiro atoms. The zero-order valence-electron chi connectivity index (χ0n) is 5.80. The highest BCUT2D eigenvalue weighted by Crippen LogP contribution is 2.41. The smallest absolute Gasteiger partial charge is 0.224 e. The Morgan fingerprint density at radius 2 is 1.08 bits per heavy atom. The van der Waals surface area contributed by atoms with E-state index in [1.807, 2.05) is 0 Å². The zero-order valence-corrected chi connectivity index (χ0v) is 5.80. The Hall–Kier alpha value is -0.490. The molecule has 0 aliphatic rings. The molecule has 0 aliphatic carbocycles.